The number of unbranched alkanes of at least 4 members (excludes halogenated alkanes) is 3. The summed E-state index contributed by atoms with van der Waals surface area (Å²) in [6, 6.07) is 10.9. The summed E-state index contributed by atoms with van der Waals surface area (Å²) in [5, 5.41) is 5.44. The molecule has 17 nitrogen and oxygen atoms in total. The van der Waals surface area contributed by atoms with E-state index in [4.69, 9.17) is 19.3 Å². The molecule has 3 fully saturated rings. The van der Waals surface area contributed by atoms with Crippen LogP contribution >= 0.6 is 8.38 Å². The maximum atomic E-state index is 12.7. The van der Waals surface area contributed by atoms with Gasteiger partial charge in [-0.2, -0.15) is 0 Å². The molecule has 2 bridgehead atoms. The number of carbonyl (C=O) groups is 7. The Labute approximate surface area is 429 Å². The molecule has 4 N–H and O–H groups in total. The highest BCUT2D eigenvalue weighted by molar-refractivity contribution is 7.44. The predicted molar refractivity (Wildman–Crippen MR) is 285 cm³/mol. The first-order chi connectivity index (χ1) is 33.8. The number of methoxy groups -OCH3 is 2. The summed E-state index contributed by atoms with van der Waals surface area (Å²) in [4.78, 5) is 102. The molecule has 3 aliphatic rings. The predicted octanol–water partition coefficient (Wildman–Crippen LogP) is 5.82. The molecule has 1 aromatic carbocycles. The van der Waals surface area contributed by atoms with Gasteiger partial charge >= 0.3 is 0 Å². The van der Waals surface area contributed by atoms with Gasteiger partial charge in [0, 0.05) is 71.8 Å². The minimum atomic E-state index is -1.71. The molecule has 3 amide bonds. The second-order valence-corrected chi connectivity index (χ2v) is 19.6. The van der Waals surface area contributed by atoms with E-state index in [1.54, 1.807) is 45.2 Å². The van der Waals surface area contributed by atoms with Crippen molar-refractivity contribution in [1.82, 2.24) is 30.2 Å². The Balaban J connectivity index is 0. The number of rotatable bonds is 24. The standard InChI is InChI=1S/C20H35N3O4.C11H17NO3.C10H19NO2.C7H8.C3H8.C2H8NO2P/c1-6-13(2)18(16(27-5)9-10-24)23(4)17(25)12-21-20(26)19-14-7-8-15(11-14)22(19)3;1-12(11(15)7-6-10-14)8-4-2-3-5-9-13;1-8(7-12)10(13-3)9-5-4-6-11(9)2;1-7-5-3-2-4-6-7;1-3-2;1-3-2-6(4)5/h10,13-16,18-19H,6-9,11-12H2,1-5H3,(H,21,26);6-7,9-10H,2-5,8H2,1H3;7-10H,4-6H2,1-3H3;2-6H,1H3;3H2,1-2H3;3-5H,2H2,1H3/b;7-6-;;;;. The molecule has 9 unspecified atom stereocenters. The maximum Gasteiger partial charge on any atom is 0.246 e. The summed E-state index contributed by atoms with van der Waals surface area (Å²) in [6.45, 7) is 14.1. The zero-order chi connectivity index (χ0) is 54.3. The third kappa shape index (κ3) is 28.9. The van der Waals surface area contributed by atoms with E-state index in [1.165, 1.54) is 37.0 Å². The first kappa shape index (κ1) is 69.3. The number of nitrogens with zero attached hydrogens (tertiary/aromatic N) is 4. The number of allylic oxidation sites excluding steroid dienone is 1. The van der Waals surface area contributed by atoms with E-state index in [0.717, 1.165) is 70.3 Å². The molecule has 4 rings (SSSR count). The van der Waals surface area contributed by atoms with E-state index in [2.05, 4.69) is 67.3 Å². The van der Waals surface area contributed by atoms with Crippen LogP contribution in [0.15, 0.2) is 42.5 Å². The Morgan fingerprint density at radius 2 is 1.58 bits per heavy atom. The highest BCUT2D eigenvalue weighted by Gasteiger charge is 2.47. The largest absolute Gasteiger partial charge is 0.379 e. The molecule has 18 heteroatoms. The smallest absolute Gasteiger partial charge is 0.246 e. The van der Waals surface area contributed by atoms with Gasteiger partial charge in [-0.15, -0.1) is 0 Å². The third-order valence-corrected chi connectivity index (χ3v) is 13.5. The number of benzene rings is 1. The number of ether oxygens (including phenoxy) is 2. The minimum absolute atomic E-state index is 0.00412. The Hall–Kier alpha value is -3.80. The van der Waals surface area contributed by atoms with Gasteiger partial charge in [-0.25, -0.2) is 0 Å². The molecule has 71 heavy (non-hydrogen) atoms. The van der Waals surface area contributed by atoms with Crippen molar-refractivity contribution in [2.45, 2.75) is 155 Å². The number of nitrogens with one attached hydrogen (secondary N) is 2. The van der Waals surface area contributed by atoms with E-state index in [-0.39, 0.29) is 66.8 Å². The zero-order valence-corrected chi connectivity index (χ0v) is 46.6. The molecule has 1 aliphatic carbocycles. The molecule has 2 saturated heterocycles. The number of piperidine rings is 1. The Morgan fingerprint density at radius 1 is 0.930 bits per heavy atom. The van der Waals surface area contributed by atoms with E-state index in [9.17, 15) is 33.6 Å². The SMILES string of the molecule is CCC.CCC(C)C(C(CC=O)OC)N(C)C(=O)CNC(=O)C1C2CCC(C2)N1C.CN(CCCCCC=O)C(=O)/C=C\C=O.CNCP(O)O.COC(C(C)C=O)C1CCCN1C.Cc1ccccc1. The lowest BCUT2D eigenvalue weighted by molar-refractivity contribution is -0.139. The van der Waals surface area contributed by atoms with Crippen LogP contribution in [-0.2, 0) is 43.0 Å². The molecule has 2 heterocycles. The van der Waals surface area contributed by atoms with Crippen LogP contribution in [0.5, 0.6) is 0 Å². The fourth-order valence-corrected chi connectivity index (χ4v) is 9.10. The molecule has 2 aliphatic heterocycles. The first-order valence-corrected chi connectivity index (χ1v) is 26.8. The maximum absolute atomic E-state index is 12.7. The van der Waals surface area contributed by atoms with Crippen LogP contribution in [0.3, 0.4) is 0 Å². The summed E-state index contributed by atoms with van der Waals surface area (Å²) in [5.41, 5.74) is 1.32. The van der Waals surface area contributed by atoms with Crippen LogP contribution in [0, 0.1) is 24.7 Å². The number of hydrogen-bond acceptors (Lipinski definition) is 14. The van der Waals surface area contributed by atoms with Crippen molar-refractivity contribution in [1.29, 1.82) is 0 Å². The molecule has 0 aromatic heterocycles. The van der Waals surface area contributed by atoms with E-state index >= 15 is 0 Å². The van der Waals surface area contributed by atoms with Crippen LogP contribution in [0.2, 0.25) is 0 Å². The van der Waals surface area contributed by atoms with Crippen molar-refractivity contribution < 1.29 is 52.8 Å². The number of carbonyl (C=O) groups excluding carboxylic acids is 7. The second-order valence-electron chi connectivity index (χ2n) is 18.5. The zero-order valence-electron chi connectivity index (χ0n) is 45.7. The molecular formula is C53H95N6O11P. The van der Waals surface area contributed by atoms with E-state index in [0.29, 0.717) is 43.5 Å². The number of amides is 3. The monoisotopic (exact) mass is 1020 g/mol. The van der Waals surface area contributed by atoms with E-state index < -0.39 is 8.38 Å². The van der Waals surface area contributed by atoms with Gasteiger partial charge in [-0.05, 0) is 97.5 Å². The molecule has 9 atom stereocenters. The fourth-order valence-electron chi connectivity index (χ4n) is 8.81. The summed E-state index contributed by atoms with van der Waals surface area (Å²) >= 11 is 0. The number of likely N-dealkylation sites (N-methyl/N-ethyl adjacent to an activating group) is 4. The van der Waals surface area contributed by atoms with Crippen molar-refractivity contribution in [2.75, 3.05) is 75.4 Å². The van der Waals surface area contributed by atoms with Gasteiger partial charge in [0.2, 0.25) is 17.7 Å². The van der Waals surface area contributed by atoms with Crippen LogP contribution < -0.4 is 10.6 Å². The van der Waals surface area contributed by atoms with Crippen molar-refractivity contribution in [2.24, 2.45) is 17.8 Å². The quantitative estimate of drug-likeness (QED) is 0.0416. The lowest BCUT2D eigenvalue weighted by Gasteiger charge is -2.37. The average Bonchev–Trinajstić information content (AvgIpc) is 4.10. The van der Waals surface area contributed by atoms with Gasteiger partial charge in [0.1, 0.15) is 25.1 Å². The fraction of sp³-hybridized carbons (Fsp3) is 0.717. The normalized spacial score (nSPS) is 19.9. The average molecular weight is 1020 g/mol. The summed E-state index contributed by atoms with van der Waals surface area (Å²) in [5.74, 6) is 0.200. The van der Waals surface area contributed by atoms with Gasteiger partial charge in [0.25, 0.3) is 0 Å². The lowest BCUT2D eigenvalue weighted by Crippen LogP contribution is -2.54. The molecular weight excluding hydrogens is 928 g/mol. The Kier molecular flexibility index (Phi) is 41.6. The van der Waals surface area contributed by atoms with Crippen LogP contribution in [-0.4, -0.2) is 184 Å². The first-order valence-electron chi connectivity index (χ1n) is 25.4. The van der Waals surface area contributed by atoms with E-state index in [1.807, 2.05) is 39.1 Å². The van der Waals surface area contributed by atoms with Crippen LogP contribution in [0.25, 0.3) is 0 Å². The van der Waals surface area contributed by atoms with Crippen LogP contribution in [0.4, 0.5) is 0 Å². The highest BCUT2D eigenvalue weighted by atomic mass is 31.2. The molecule has 0 radical (unpaired) electrons. The van der Waals surface area contributed by atoms with Gasteiger partial charge < -0.3 is 59.0 Å². The highest BCUT2D eigenvalue weighted by Crippen LogP contribution is 2.41. The van der Waals surface area contributed by atoms with Crippen molar-refractivity contribution in [3.05, 3.63) is 48.0 Å². The summed E-state index contributed by atoms with van der Waals surface area (Å²) < 4.78 is 10.9. The number of hydrogen-bond donors (Lipinski definition) is 4. The van der Waals surface area contributed by atoms with Gasteiger partial charge in [-0.3, -0.25) is 24.1 Å². The summed E-state index contributed by atoms with van der Waals surface area (Å²) in [7, 11) is 10.7. The van der Waals surface area contributed by atoms with Gasteiger partial charge in [-0.1, -0.05) is 89.8 Å². The van der Waals surface area contributed by atoms with Crippen molar-refractivity contribution >= 4 is 51.2 Å². The number of likely N-dealkylation sites (tertiary alicyclic amines) is 2. The van der Waals surface area contributed by atoms with Crippen molar-refractivity contribution in [3.8, 4) is 0 Å². The molecule has 408 valence electrons. The van der Waals surface area contributed by atoms with Crippen molar-refractivity contribution in [3.63, 3.8) is 0 Å². The summed E-state index contributed by atoms with van der Waals surface area (Å²) in [6.07, 6.45) is 17.1. The number of aldehydes is 4. The van der Waals surface area contributed by atoms with Gasteiger partial charge in [0.05, 0.1) is 37.1 Å². The Morgan fingerprint density at radius 3 is 2.00 bits per heavy atom. The third-order valence-electron chi connectivity index (χ3n) is 12.9. The Bertz CT molecular complexity index is 1610. The topological polar surface area (TPSA) is 215 Å². The second kappa shape index (κ2) is 42.7. The molecule has 1 saturated carbocycles. The van der Waals surface area contributed by atoms with Crippen LogP contribution in [0.1, 0.15) is 117 Å². The number of fused-ring (bicyclic) bond motifs is 2. The number of aryl methyl sites for hydroxylation is 1. The molecule has 0 spiro atoms. The van der Waals surface area contributed by atoms with Gasteiger partial charge in [0.15, 0.2) is 8.38 Å². The molecule has 1 aromatic rings. The minimum Gasteiger partial charge on any atom is -0.379 e. The lowest BCUT2D eigenvalue weighted by atomic mass is 9.91.